The van der Waals surface area contributed by atoms with Crippen molar-refractivity contribution in [3.8, 4) is 0 Å². The van der Waals surface area contributed by atoms with Gasteiger partial charge in [-0.25, -0.2) is 9.37 Å². The minimum atomic E-state index is -0.688. The summed E-state index contributed by atoms with van der Waals surface area (Å²) in [6.45, 7) is 5.77. The maximum Gasteiger partial charge on any atom is 0.222 e. The minimum absolute atomic E-state index is 0.128. The van der Waals surface area contributed by atoms with E-state index in [1.807, 2.05) is 12.1 Å². The fourth-order valence-electron chi connectivity index (χ4n) is 4.23. The Morgan fingerprint density at radius 2 is 2.06 bits per heavy atom. The molecule has 3 heterocycles. The summed E-state index contributed by atoms with van der Waals surface area (Å²) in [5.74, 6) is 0.445. The Morgan fingerprint density at radius 1 is 1.25 bits per heavy atom. The second-order valence-corrected chi connectivity index (χ2v) is 8.34. The number of hydrogen-bond acceptors (Lipinski definition) is 8. The van der Waals surface area contributed by atoms with E-state index in [0.29, 0.717) is 42.3 Å². The largest absolute Gasteiger partial charge is 0.370 e. The van der Waals surface area contributed by atoms with Crippen LogP contribution in [0.25, 0.3) is 0 Å². The van der Waals surface area contributed by atoms with E-state index < -0.39 is 6.04 Å². The van der Waals surface area contributed by atoms with Gasteiger partial charge in [-0.05, 0) is 44.0 Å². The first-order valence-corrected chi connectivity index (χ1v) is 11.3. The average Bonchev–Trinajstić information content (AvgIpc) is 3.29. The summed E-state index contributed by atoms with van der Waals surface area (Å²) in [7, 11) is 0. The lowest BCUT2D eigenvalue weighted by atomic mass is 10.0. The average molecular weight is 440 g/mol. The summed E-state index contributed by atoms with van der Waals surface area (Å²) >= 11 is 0. The highest BCUT2D eigenvalue weighted by atomic mass is 19.1. The predicted octanol–water partition coefficient (Wildman–Crippen LogP) is 3.10. The second-order valence-electron chi connectivity index (χ2n) is 8.34. The van der Waals surface area contributed by atoms with Gasteiger partial charge in [0.2, 0.25) is 5.95 Å². The number of carbonyl (C=O) groups is 1. The van der Waals surface area contributed by atoms with Gasteiger partial charge in [-0.1, -0.05) is 25.5 Å². The summed E-state index contributed by atoms with van der Waals surface area (Å²) in [5.41, 5.74) is 8.46. The predicted molar refractivity (Wildman–Crippen MR) is 123 cm³/mol. The van der Waals surface area contributed by atoms with Gasteiger partial charge in [0.15, 0.2) is 0 Å². The zero-order valence-corrected chi connectivity index (χ0v) is 18.4. The number of likely N-dealkylation sites (tertiary alicyclic amines) is 1. The lowest BCUT2D eigenvalue weighted by Crippen LogP contribution is -2.31. The molecule has 8 nitrogen and oxygen atoms in total. The molecule has 0 spiro atoms. The van der Waals surface area contributed by atoms with Crippen LogP contribution < -0.4 is 11.1 Å². The van der Waals surface area contributed by atoms with Crippen LogP contribution >= 0.6 is 0 Å². The number of hydrazone groups is 1. The van der Waals surface area contributed by atoms with Crippen LogP contribution in [0.5, 0.6) is 0 Å². The van der Waals surface area contributed by atoms with Crippen molar-refractivity contribution in [3.63, 3.8) is 0 Å². The third kappa shape index (κ3) is 4.88. The molecule has 1 fully saturated rings. The van der Waals surface area contributed by atoms with Crippen molar-refractivity contribution in [2.45, 2.75) is 51.7 Å². The molecular weight excluding hydrogens is 409 g/mol. The van der Waals surface area contributed by atoms with Crippen LogP contribution in [0.15, 0.2) is 23.3 Å². The topological polar surface area (TPSA) is 99.7 Å². The standard InChI is InChI=1S/C23H30FN7O/c1-2-3-8-26-22-21-19(28-23(25)29-22)12-27-31(20(21)15-32)13-16-6-7-17(18(24)11-16)14-30-9-4-5-10-30/h6-7,11-12,15,20H,2-5,8-10,13-14H2,1H3,(H3,25,26,28,29). The zero-order valence-electron chi connectivity index (χ0n) is 18.4. The molecular formula is C23H30FN7O. The van der Waals surface area contributed by atoms with Crippen LogP contribution in [0, 0.1) is 5.82 Å². The van der Waals surface area contributed by atoms with Crippen molar-refractivity contribution in [2.24, 2.45) is 5.10 Å². The monoisotopic (exact) mass is 439 g/mol. The summed E-state index contributed by atoms with van der Waals surface area (Å²) in [5, 5.41) is 9.31. The molecule has 0 aliphatic carbocycles. The smallest absolute Gasteiger partial charge is 0.222 e. The summed E-state index contributed by atoms with van der Waals surface area (Å²) in [6.07, 6.45) is 6.73. The molecule has 1 aromatic heterocycles. The number of hydrogen-bond donors (Lipinski definition) is 2. The molecule has 1 unspecified atom stereocenters. The maximum atomic E-state index is 14.8. The van der Waals surface area contributed by atoms with Gasteiger partial charge >= 0.3 is 0 Å². The van der Waals surface area contributed by atoms with Crippen molar-refractivity contribution in [1.29, 1.82) is 0 Å². The second kappa shape index (κ2) is 10.0. The molecule has 4 rings (SSSR count). The van der Waals surface area contributed by atoms with Gasteiger partial charge < -0.3 is 15.8 Å². The first kappa shape index (κ1) is 22.1. The minimum Gasteiger partial charge on any atom is -0.370 e. The van der Waals surface area contributed by atoms with E-state index in [4.69, 9.17) is 5.73 Å². The number of fused-ring (bicyclic) bond motifs is 1. The molecule has 2 aromatic rings. The molecule has 1 atom stereocenters. The maximum absolute atomic E-state index is 14.8. The molecule has 0 radical (unpaired) electrons. The molecule has 32 heavy (non-hydrogen) atoms. The quantitative estimate of drug-likeness (QED) is 0.457. The van der Waals surface area contributed by atoms with Gasteiger partial charge in [0.25, 0.3) is 0 Å². The van der Waals surface area contributed by atoms with Crippen LogP contribution in [0.2, 0.25) is 0 Å². The van der Waals surface area contributed by atoms with Crippen molar-refractivity contribution in [1.82, 2.24) is 19.9 Å². The first-order chi connectivity index (χ1) is 15.6. The number of unbranched alkanes of at least 4 members (excludes halogenated alkanes) is 1. The number of nitrogens with two attached hydrogens (primary N) is 1. The van der Waals surface area contributed by atoms with Gasteiger partial charge in [-0.3, -0.25) is 9.91 Å². The molecule has 3 N–H and O–H groups in total. The van der Waals surface area contributed by atoms with Crippen molar-refractivity contribution in [2.75, 3.05) is 30.7 Å². The van der Waals surface area contributed by atoms with Crippen molar-refractivity contribution in [3.05, 3.63) is 46.4 Å². The Balaban J connectivity index is 1.53. The molecule has 0 saturated carbocycles. The highest BCUT2D eigenvalue weighted by Gasteiger charge is 2.30. The Morgan fingerprint density at radius 3 is 2.78 bits per heavy atom. The summed E-state index contributed by atoms with van der Waals surface area (Å²) in [4.78, 5) is 22.9. The molecule has 2 aliphatic heterocycles. The number of halogens is 1. The van der Waals surface area contributed by atoms with E-state index in [-0.39, 0.29) is 11.8 Å². The lowest BCUT2D eigenvalue weighted by molar-refractivity contribution is -0.112. The fraction of sp³-hybridized carbons (Fsp3) is 0.478. The van der Waals surface area contributed by atoms with Gasteiger partial charge in [0.1, 0.15) is 24.0 Å². The number of rotatable bonds is 9. The van der Waals surface area contributed by atoms with Crippen molar-refractivity contribution < 1.29 is 9.18 Å². The van der Waals surface area contributed by atoms with E-state index in [1.165, 1.54) is 18.9 Å². The number of nitrogens with one attached hydrogen (secondary N) is 1. The SMILES string of the molecule is CCCCNc1nc(N)nc2c1C(C=O)N(Cc1ccc(CN3CCCC3)c(F)c1)N=C2. The van der Waals surface area contributed by atoms with E-state index in [2.05, 4.69) is 32.2 Å². The van der Waals surface area contributed by atoms with E-state index >= 15 is 0 Å². The summed E-state index contributed by atoms with van der Waals surface area (Å²) in [6, 6.07) is 4.59. The first-order valence-electron chi connectivity index (χ1n) is 11.3. The number of carbonyl (C=O) groups excluding carboxylic acids is 1. The fourth-order valence-corrected chi connectivity index (χ4v) is 4.23. The van der Waals surface area contributed by atoms with Crippen LogP contribution in [-0.4, -0.2) is 52.0 Å². The number of aldehydes is 1. The Kier molecular flexibility index (Phi) is 6.94. The molecule has 2 aliphatic rings. The third-order valence-electron chi connectivity index (χ3n) is 5.94. The Labute approximate surface area is 187 Å². The number of anilines is 2. The van der Waals surface area contributed by atoms with Gasteiger partial charge in [-0.15, -0.1) is 0 Å². The number of nitrogen functional groups attached to an aromatic ring is 1. The Hall–Kier alpha value is -3.07. The van der Waals surface area contributed by atoms with Crippen LogP contribution in [0.4, 0.5) is 16.2 Å². The molecule has 1 aromatic carbocycles. The number of nitrogens with zero attached hydrogens (tertiary/aromatic N) is 5. The molecule has 9 heteroatoms. The van der Waals surface area contributed by atoms with Crippen LogP contribution in [0.3, 0.4) is 0 Å². The van der Waals surface area contributed by atoms with Crippen molar-refractivity contribution >= 4 is 24.3 Å². The van der Waals surface area contributed by atoms with Gasteiger partial charge in [-0.2, -0.15) is 10.1 Å². The van der Waals surface area contributed by atoms with E-state index in [1.54, 1.807) is 11.2 Å². The lowest BCUT2D eigenvalue weighted by Gasteiger charge is -2.30. The van der Waals surface area contributed by atoms with E-state index in [9.17, 15) is 9.18 Å². The normalized spacial score (nSPS) is 18.1. The van der Waals surface area contributed by atoms with E-state index in [0.717, 1.165) is 37.8 Å². The molecule has 0 amide bonds. The molecule has 1 saturated heterocycles. The van der Waals surface area contributed by atoms with Crippen LogP contribution in [0.1, 0.15) is 61.0 Å². The third-order valence-corrected chi connectivity index (χ3v) is 5.94. The zero-order chi connectivity index (χ0) is 22.5. The molecule has 170 valence electrons. The summed E-state index contributed by atoms with van der Waals surface area (Å²) < 4.78 is 14.8. The van der Waals surface area contributed by atoms with Gasteiger partial charge in [0.05, 0.1) is 24.0 Å². The number of aromatic nitrogens is 2. The highest BCUT2D eigenvalue weighted by Crippen LogP contribution is 2.32. The highest BCUT2D eigenvalue weighted by molar-refractivity contribution is 5.86. The van der Waals surface area contributed by atoms with Gasteiger partial charge in [0, 0.05) is 18.7 Å². The van der Waals surface area contributed by atoms with Crippen LogP contribution in [-0.2, 0) is 17.9 Å². The molecule has 0 bridgehead atoms. The number of benzene rings is 1. The Bertz CT molecular complexity index is 991.